The molecule has 164 valence electrons. The van der Waals surface area contributed by atoms with Gasteiger partial charge in [-0.25, -0.2) is 17.9 Å². The van der Waals surface area contributed by atoms with Crippen molar-refractivity contribution >= 4 is 33.6 Å². The van der Waals surface area contributed by atoms with Crippen molar-refractivity contribution in [3.8, 4) is 0 Å². The van der Waals surface area contributed by atoms with Crippen molar-refractivity contribution < 1.29 is 22.8 Å². The van der Waals surface area contributed by atoms with Gasteiger partial charge in [0.2, 0.25) is 15.9 Å². The Labute approximate surface area is 176 Å². The van der Waals surface area contributed by atoms with Gasteiger partial charge in [0, 0.05) is 18.5 Å². The van der Waals surface area contributed by atoms with Crippen LogP contribution in [0.15, 0.2) is 29.2 Å². The van der Waals surface area contributed by atoms with Crippen LogP contribution >= 0.6 is 0 Å². The number of hydrogen-bond donors (Lipinski definition) is 3. The second-order valence-electron chi connectivity index (χ2n) is 8.83. The minimum atomic E-state index is -3.85. The number of benzene rings is 1. The normalized spacial score (nSPS) is 18.7. The molecule has 1 aliphatic carbocycles. The zero-order valence-electron chi connectivity index (χ0n) is 17.4. The summed E-state index contributed by atoms with van der Waals surface area (Å²) in [6, 6.07) is 5.61. The van der Waals surface area contributed by atoms with Crippen LogP contribution in [0.5, 0.6) is 0 Å². The fourth-order valence-corrected chi connectivity index (χ4v) is 5.47. The third kappa shape index (κ3) is 4.65. The topological polar surface area (TPSA) is 125 Å². The Morgan fingerprint density at radius 1 is 1.17 bits per heavy atom. The molecular weight excluding hydrogens is 408 g/mol. The molecule has 1 heterocycles. The molecule has 1 aliphatic heterocycles. The molecule has 3 N–H and O–H groups in total. The van der Waals surface area contributed by atoms with Gasteiger partial charge < -0.3 is 10.6 Å². The summed E-state index contributed by atoms with van der Waals surface area (Å²) < 4.78 is 27.9. The van der Waals surface area contributed by atoms with Gasteiger partial charge in [-0.1, -0.05) is 25.0 Å². The van der Waals surface area contributed by atoms with E-state index < -0.39 is 33.0 Å². The van der Waals surface area contributed by atoms with E-state index in [4.69, 9.17) is 0 Å². The molecule has 10 heteroatoms. The number of sulfonamides is 1. The maximum absolute atomic E-state index is 12.7. The highest BCUT2D eigenvalue weighted by Crippen LogP contribution is 2.35. The number of nitrogens with one attached hydrogen (secondary N) is 3. The maximum atomic E-state index is 12.7. The molecule has 1 aromatic rings. The zero-order valence-corrected chi connectivity index (χ0v) is 18.3. The molecule has 1 aromatic carbocycles. The van der Waals surface area contributed by atoms with E-state index in [1.165, 1.54) is 12.1 Å². The molecule has 9 nitrogen and oxygen atoms in total. The monoisotopic (exact) mass is 436 g/mol. The van der Waals surface area contributed by atoms with Gasteiger partial charge in [-0.05, 0) is 45.7 Å². The van der Waals surface area contributed by atoms with Crippen molar-refractivity contribution in [3.63, 3.8) is 0 Å². The fourth-order valence-electron chi connectivity index (χ4n) is 3.89. The molecule has 30 heavy (non-hydrogen) atoms. The number of amides is 4. The predicted molar refractivity (Wildman–Crippen MR) is 111 cm³/mol. The Morgan fingerprint density at radius 2 is 1.80 bits per heavy atom. The highest BCUT2D eigenvalue weighted by atomic mass is 32.2. The summed E-state index contributed by atoms with van der Waals surface area (Å²) in [4.78, 5) is 38.4. The predicted octanol–water partition coefficient (Wildman–Crippen LogP) is 1.96. The number of nitrogens with zero attached hydrogens (tertiary/aromatic N) is 1. The van der Waals surface area contributed by atoms with Crippen LogP contribution in [0.4, 0.5) is 10.5 Å². The average Bonchev–Trinajstić information content (AvgIpc) is 3.17. The molecule has 0 aromatic heterocycles. The van der Waals surface area contributed by atoms with Crippen LogP contribution in [0.2, 0.25) is 0 Å². The van der Waals surface area contributed by atoms with Crippen LogP contribution in [-0.2, 0) is 19.6 Å². The molecule has 0 bridgehead atoms. The van der Waals surface area contributed by atoms with Crippen LogP contribution in [0.3, 0.4) is 0 Å². The summed E-state index contributed by atoms with van der Waals surface area (Å²) in [6.45, 7) is 5.11. The van der Waals surface area contributed by atoms with Crippen molar-refractivity contribution in [3.05, 3.63) is 24.3 Å². The van der Waals surface area contributed by atoms with Crippen LogP contribution in [0.1, 0.15) is 52.9 Å². The summed E-state index contributed by atoms with van der Waals surface area (Å²) >= 11 is 0. The van der Waals surface area contributed by atoms with E-state index in [1.807, 2.05) is 0 Å². The third-order valence-electron chi connectivity index (χ3n) is 5.16. The lowest BCUT2D eigenvalue weighted by atomic mass is 9.98. The Hall–Kier alpha value is -2.46. The first kappa shape index (κ1) is 22.2. The molecule has 1 saturated carbocycles. The molecule has 2 fully saturated rings. The van der Waals surface area contributed by atoms with Gasteiger partial charge in [0.05, 0.1) is 5.69 Å². The molecular formula is C20H28N4O5S. The lowest BCUT2D eigenvalue weighted by Gasteiger charge is -2.22. The smallest absolute Gasteiger partial charge is 0.325 e. The van der Waals surface area contributed by atoms with Crippen molar-refractivity contribution in [1.29, 1.82) is 0 Å². The number of carbonyl (C=O) groups excluding carboxylic acids is 3. The van der Waals surface area contributed by atoms with Gasteiger partial charge in [-0.3, -0.25) is 14.5 Å². The summed E-state index contributed by atoms with van der Waals surface area (Å²) in [7, 11) is -3.85. The van der Waals surface area contributed by atoms with E-state index in [0.717, 1.165) is 17.7 Å². The molecule has 0 atom stereocenters. The molecule has 0 radical (unpaired) electrons. The molecule has 1 spiro atoms. The number of rotatable bonds is 6. The Bertz CT molecular complexity index is 962. The van der Waals surface area contributed by atoms with Crippen molar-refractivity contribution in [2.45, 2.75) is 68.8 Å². The first-order chi connectivity index (χ1) is 13.9. The number of anilines is 1. The fraction of sp³-hybridized carbons (Fsp3) is 0.550. The summed E-state index contributed by atoms with van der Waals surface area (Å²) in [5, 5.41) is 5.36. The summed E-state index contributed by atoms with van der Waals surface area (Å²) in [5.41, 5.74) is -1.36. The lowest BCUT2D eigenvalue weighted by molar-refractivity contribution is -0.131. The molecule has 4 amide bonds. The number of carbonyl (C=O) groups is 3. The Morgan fingerprint density at radius 3 is 2.43 bits per heavy atom. The van der Waals surface area contributed by atoms with Crippen LogP contribution < -0.4 is 15.4 Å². The second kappa shape index (κ2) is 7.99. The highest BCUT2D eigenvalue weighted by molar-refractivity contribution is 7.89. The van der Waals surface area contributed by atoms with Crippen molar-refractivity contribution in [2.75, 3.05) is 11.9 Å². The van der Waals surface area contributed by atoms with E-state index >= 15 is 0 Å². The van der Waals surface area contributed by atoms with Gasteiger partial charge in [-0.2, -0.15) is 0 Å². The molecule has 2 aliphatic rings. The van der Waals surface area contributed by atoms with E-state index in [-0.39, 0.29) is 29.5 Å². The second-order valence-corrected chi connectivity index (χ2v) is 10.5. The first-order valence-electron chi connectivity index (χ1n) is 10.0. The van der Waals surface area contributed by atoms with E-state index in [9.17, 15) is 22.8 Å². The minimum Gasteiger partial charge on any atom is -0.325 e. The Kier molecular flexibility index (Phi) is 5.92. The van der Waals surface area contributed by atoms with E-state index in [1.54, 1.807) is 32.9 Å². The van der Waals surface area contributed by atoms with Crippen molar-refractivity contribution in [2.24, 2.45) is 0 Å². The standard InChI is InChI=1S/C20H28N4O5S/c1-19(2,3)23-30(28,29)15-9-5-4-8-14(15)21-16(25)10-13-24-17(26)20(22-18(24)27)11-6-7-12-20/h4-5,8-9,23H,6-7,10-13H2,1-3H3,(H,21,25)(H,22,27). The number of imide groups is 1. The number of urea groups is 1. The maximum Gasteiger partial charge on any atom is 0.325 e. The van der Waals surface area contributed by atoms with Gasteiger partial charge in [0.1, 0.15) is 10.4 Å². The van der Waals surface area contributed by atoms with E-state index in [2.05, 4.69) is 15.4 Å². The summed E-state index contributed by atoms with van der Waals surface area (Å²) in [5.74, 6) is -0.767. The number of para-hydroxylation sites is 1. The van der Waals surface area contributed by atoms with Crippen LogP contribution in [0, 0.1) is 0 Å². The minimum absolute atomic E-state index is 0.0480. The van der Waals surface area contributed by atoms with Gasteiger partial charge in [-0.15, -0.1) is 0 Å². The largest absolute Gasteiger partial charge is 0.325 e. The quantitative estimate of drug-likeness (QED) is 0.588. The first-order valence-corrected chi connectivity index (χ1v) is 11.5. The van der Waals surface area contributed by atoms with Gasteiger partial charge in [0.25, 0.3) is 5.91 Å². The van der Waals surface area contributed by atoms with Crippen LogP contribution in [0.25, 0.3) is 0 Å². The molecule has 0 unspecified atom stereocenters. The van der Waals surface area contributed by atoms with Crippen molar-refractivity contribution in [1.82, 2.24) is 14.9 Å². The third-order valence-corrected chi connectivity index (χ3v) is 6.97. The van der Waals surface area contributed by atoms with Gasteiger partial charge in [0.15, 0.2) is 0 Å². The SMILES string of the molecule is CC(C)(C)NS(=O)(=O)c1ccccc1NC(=O)CCN1C(=O)NC2(CCCC2)C1=O. The lowest BCUT2D eigenvalue weighted by Crippen LogP contribution is -2.44. The van der Waals surface area contributed by atoms with E-state index in [0.29, 0.717) is 12.8 Å². The highest BCUT2D eigenvalue weighted by Gasteiger charge is 2.52. The summed E-state index contributed by atoms with van der Waals surface area (Å²) in [6.07, 6.45) is 2.87. The molecule has 1 saturated heterocycles. The zero-order chi connectivity index (χ0) is 22.2. The van der Waals surface area contributed by atoms with Gasteiger partial charge >= 0.3 is 6.03 Å². The van der Waals surface area contributed by atoms with Crippen LogP contribution in [-0.4, -0.2) is 48.8 Å². The number of hydrogen-bond acceptors (Lipinski definition) is 5. The Balaban J connectivity index is 1.66. The molecule has 3 rings (SSSR count). The average molecular weight is 437 g/mol.